The van der Waals surface area contributed by atoms with Crippen molar-refractivity contribution >= 4 is 11.7 Å². The summed E-state index contributed by atoms with van der Waals surface area (Å²) >= 11 is 0. The van der Waals surface area contributed by atoms with Crippen molar-refractivity contribution in [3.63, 3.8) is 0 Å². The van der Waals surface area contributed by atoms with Gasteiger partial charge in [-0.3, -0.25) is 0 Å². The molecule has 1 aliphatic rings. The number of hydrogen-bond acceptors (Lipinski definition) is 5. The Labute approximate surface area is 128 Å². The molecule has 116 valence electrons. The first kappa shape index (κ1) is 14.4. The van der Waals surface area contributed by atoms with Crippen molar-refractivity contribution in [3.05, 3.63) is 36.7 Å². The third kappa shape index (κ3) is 2.88. The van der Waals surface area contributed by atoms with Crippen molar-refractivity contribution < 1.29 is 13.9 Å². The van der Waals surface area contributed by atoms with E-state index in [2.05, 4.69) is 15.3 Å². The van der Waals surface area contributed by atoms with E-state index in [9.17, 15) is 4.79 Å². The molecule has 7 heteroatoms. The minimum atomic E-state index is -0.209. The predicted octanol–water partition coefficient (Wildman–Crippen LogP) is 2.84. The van der Waals surface area contributed by atoms with Crippen molar-refractivity contribution in [2.75, 3.05) is 12.4 Å². The number of amides is 2. The van der Waals surface area contributed by atoms with Gasteiger partial charge in [-0.1, -0.05) is 0 Å². The molecule has 2 heterocycles. The predicted molar refractivity (Wildman–Crippen MR) is 79.6 cm³/mol. The van der Waals surface area contributed by atoms with E-state index in [-0.39, 0.29) is 18.1 Å². The first-order chi connectivity index (χ1) is 10.7. The van der Waals surface area contributed by atoms with E-state index in [1.165, 1.54) is 19.6 Å². The number of nitrogens with zero attached hydrogens (tertiary/aromatic N) is 3. The molecule has 2 aromatic rings. The lowest BCUT2D eigenvalue weighted by atomic mass is 10.2. The largest absolute Gasteiger partial charge is 0.479 e. The summed E-state index contributed by atoms with van der Waals surface area (Å²) in [5.41, 5.74) is 0.451. The molecule has 0 aliphatic heterocycles. The van der Waals surface area contributed by atoms with Gasteiger partial charge in [-0.05, 0) is 31.9 Å². The average Bonchev–Trinajstić information content (AvgIpc) is 3.19. The molecule has 1 N–H and O–H groups in total. The first-order valence-electron chi connectivity index (χ1n) is 7.17. The Morgan fingerprint density at radius 1 is 1.55 bits per heavy atom. The van der Waals surface area contributed by atoms with E-state index < -0.39 is 0 Å². The number of carbonyl (C=O) groups excluding carboxylic acids is 1. The zero-order valence-electron chi connectivity index (χ0n) is 12.5. The van der Waals surface area contributed by atoms with Gasteiger partial charge in [0.05, 0.1) is 25.6 Å². The third-order valence-electron chi connectivity index (χ3n) is 3.66. The summed E-state index contributed by atoms with van der Waals surface area (Å²) in [6.45, 7) is 1.95. The summed E-state index contributed by atoms with van der Waals surface area (Å²) in [5, 5.41) is 2.82. The molecule has 1 fully saturated rings. The van der Waals surface area contributed by atoms with Gasteiger partial charge >= 0.3 is 6.03 Å². The third-order valence-corrected chi connectivity index (χ3v) is 3.66. The van der Waals surface area contributed by atoms with Crippen LogP contribution in [0.15, 0.2) is 35.3 Å². The molecule has 1 saturated carbocycles. The molecular formula is C15H18N4O3. The molecule has 7 nitrogen and oxygen atoms in total. The highest BCUT2D eigenvalue weighted by molar-refractivity contribution is 5.91. The van der Waals surface area contributed by atoms with Gasteiger partial charge in [0.25, 0.3) is 0 Å². The van der Waals surface area contributed by atoms with Gasteiger partial charge in [-0.25, -0.2) is 9.78 Å². The minimum absolute atomic E-state index is 0.141. The van der Waals surface area contributed by atoms with Crippen LogP contribution >= 0.6 is 0 Å². The Morgan fingerprint density at radius 2 is 2.36 bits per heavy atom. The molecule has 2 aromatic heterocycles. The highest BCUT2D eigenvalue weighted by Gasteiger charge is 2.37. The zero-order chi connectivity index (χ0) is 15.5. The number of carbonyl (C=O) groups is 1. The lowest BCUT2D eigenvalue weighted by molar-refractivity contribution is 0.179. The summed E-state index contributed by atoms with van der Waals surface area (Å²) in [4.78, 5) is 22.4. The normalized spacial score (nSPS) is 15.2. The summed E-state index contributed by atoms with van der Waals surface area (Å²) in [7, 11) is 1.50. The van der Waals surface area contributed by atoms with Gasteiger partial charge in [0.15, 0.2) is 0 Å². The molecule has 22 heavy (non-hydrogen) atoms. The number of ether oxygens (including phenoxy) is 1. The molecule has 3 rings (SSSR count). The Hall–Kier alpha value is -2.57. The van der Waals surface area contributed by atoms with Crippen LogP contribution in [0, 0.1) is 0 Å². The summed E-state index contributed by atoms with van der Waals surface area (Å²) in [5.74, 6) is 1.10. The number of urea groups is 1. The van der Waals surface area contributed by atoms with Crippen molar-refractivity contribution in [3.8, 4) is 5.88 Å². The van der Waals surface area contributed by atoms with E-state index in [1.807, 2.05) is 19.1 Å². The number of aromatic nitrogens is 2. The Bertz CT molecular complexity index is 640. The van der Waals surface area contributed by atoms with Gasteiger partial charge < -0.3 is 19.4 Å². The Kier molecular flexibility index (Phi) is 3.95. The number of nitrogens with one attached hydrogen (secondary N) is 1. The number of methoxy groups -OCH3 is 1. The van der Waals surface area contributed by atoms with Crippen molar-refractivity contribution in [2.24, 2.45) is 0 Å². The second kappa shape index (κ2) is 6.05. The lowest BCUT2D eigenvalue weighted by Gasteiger charge is -2.28. The smallest absolute Gasteiger partial charge is 0.322 e. The van der Waals surface area contributed by atoms with Crippen LogP contribution in [0.4, 0.5) is 10.5 Å². The number of furan rings is 1. The van der Waals surface area contributed by atoms with Crippen LogP contribution in [0.2, 0.25) is 0 Å². The zero-order valence-corrected chi connectivity index (χ0v) is 12.5. The quantitative estimate of drug-likeness (QED) is 0.918. The Morgan fingerprint density at radius 3 is 3.00 bits per heavy atom. The monoisotopic (exact) mass is 302 g/mol. The minimum Gasteiger partial charge on any atom is -0.479 e. The van der Waals surface area contributed by atoms with E-state index in [0.717, 1.165) is 18.6 Å². The SMILES string of the molecule is COc1ncncc1NC(=O)N(C1CC1)[C@@H](C)c1ccco1. The van der Waals surface area contributed by atoms with Crippen LogP contribution in [-0.4, -0.2) is 34.1 Å². The van der Waals surface area contributed by atoms with E-state index in [0.29, 0.717) is 11.6 Å². The van der Waals surface area contributed by atoms with E-state index in [4.69, 9.17) is 9.15 Å². The second-order valence-electron chi connectivity index (χ2n) is 5.21. The highest BCUT2D eigenvalue weighted by atomic mass is 16.5. The molecule has 1 aliphatic carbocycles. The maximum absolute atomic E-state index is 12.7. The van der Waals surface area contributed by atoms with Gasteiger partial charge in [0.1, 0.15) is 17.8 Å². The molecular weight excluding hydrogens is 284 g/mol. The summed E-state index contributed by atoms with van der Waals surface area (Å²) in [6, 6.07) is 3.58. The lowest BCUT2D eigenvalue weighted by Crippen LogP contribution is -2.38. The maximum atomic E-state index is 12.7. The van der Waals surface area contributed by atoms with Gasteiger partial charge in [0, 0.05) is 6.04 Å². The van der Waals surface area contributed by atoms with Crippen LogP contribution < -0.4 is 10.1 Å². The van der Waals surface area contributed by atoms with Crippen LogP contribution in [0.5, 0.6) is 5.88 Å². The molecule has 0 bridgehead atoms. The molecule has 0 aromatic carbocycles. The van der Waals surface area contributed by atoms with Crippen molar-refractivity contribution in [1.82, 2.24) is 14.9 Å². The van der Waals surface area contributed by atoms with Crippen LogP contribution in [-0.2, 0) is 0 Å². The number of hydrogen-bond donors (Lipinski definition) is 1. The second-order valence-corrected chi connectivity index (χ2v) is 5.21. The fourth-order valence-electron chi connectivity index (χ4n) is 2.42. The fourth-order valence-corrected chi connectivity index (χ4v) is 2.42. The van der Waals surface area contributed by atoms with Gasteiger partial charge in [0.2, 0.25) is 5.88 Å². The molecule has 0 unspecified atom stereocenters. The average molecular weight is 302 g/mol. The highest BCUT2D eigenvalue weighted by Crippen LogP contribution is 2.35. The van der Waals surface area contributed by atoms with E-state index in [1.54, 1.807) is 11.2 Å². The number of rotatable bonds is 5. The summed E-state index contributed by atoms with van der Waals surface area (Å²) in [6.07, 6.45) is 6.51. The maximum Gasteiger partial charge on any atom is 0.322 e. The molecule has 0 saturated heterocycles. The number of anilines is 1. The van der Waals surface area contributed by atoms with Crippen LogP contribution in [0.3, 0.4) is 0 Å². The molecule has 2 amide bonds. The van der Waals surface area contributed by atoms with Crippen LogP contribution in [0.1, 0.15) is 31.6 Å². The standard InChI is InChI=1S/C15H18N4O3/c1-10(13-4-3-7-22-13)19(11-5-6-11)15(20)18-12-8-16-9-17-14(12)21-2/h3-4,7-11H,5-6H2,1-2H3,(H,18,20)/t10-/m0/s1. The first-order valence-corrected chi connectivity index (χ1v) is 7.17. The van der Waals surface area contributed by atoms with Crippen molar-refractivity contribution in [2.45, 2.75) is 31.8 Å². The summed E-state index contributed by atoms with van der Waals surface area (Å²) < 4.78 is 10.6. The van der Waals surface area contributed by atoms with Gasteiger partial charge in [-0.15, -0.1) is 0 Å². The van der Waals surface area contributed by atoms with Crippen LogP contribution in [0.25, 0.3) is 0 Å². The molecule has 0 spiro atoms. The molecule has 0 radical (unpaired) electrons. The molecule has 1 atom stereocenters. The topological polar surface area (TPSA) is 80.5 Å². The van der Waals surface area contributed by atoms with Gasteiger partial charge in [-0.2, -0.15) is 4.98 Å². The van der Waals surface area contributed by atoms with E-state index >= 15 is 0 Å². The van der Waals surface area contributed by atoms with Crippen molar-refractivity contribution in [1.29, 1.82) is 0 Å². The Balaban J connectivity index is 1.78. The fraction of sp³-hybridized carbons (Fsp3) is 0.400.